The first-order valence-corrected chi connectivity index (χ1v) is 10.3. The number of amides is 1. The molecular weight excluding hydrogens is 451 g/mol. The van der Waals surface area contributed by atoms with E-state index >= 15 is 0 Å². The van der Waals surface area contributed by atoms with E-state index in [0.29, 0.717) is 30.6 Å². The number of carbonyl (C=O) groups is 2. The first-order valence-electron chi connectivity index (χ1n) is 9.53. The largest absolute Gasteiger partial charge is 0.480 e. The fraction of sp³-hybridized carbons (Fsp3) is 0.529. The van der Waals surface area contributed by atoms with Crippen LogP contribution in [0.5, 0.6) is 0 Å². The SMILES string of the molecule is NC(N)=NCCC[C@H](NC(=O)OCCCCCn1cnc2c(Cl)nc(Cl)nc21)C(=O)O. The molecule has 0 fully saturated rings. The number of aliphatic imine (C=N–C) groups is 1. The third kappa shape index (κ3) is 8.06. The number of unbranched alkanes of at least 4 members (excludes halogenated alkanes) is 2. The van der Waals surface area contributed by atoms with Crippen LogP contribution in [-0.2, 0) is 16.1 Å². The maximum atomic E-state index is 11.8. The Morgan fingerprint density at radius 3 is 2.71 bits per heavy atom. The van der Waals surface area contributed by atoms with E-state index in [9.17, 15) is 14.7 Å². The van der Waals surface area contributed by atoms with Gasteiger partial charge >= 0.3 is 12.1 Å². The summed E-state index contributed by atoms with van der Waals surface area (Å²) in [7, 11) is 0. The van der Waals surface area contributed by atoms with Crippen molar-refractivity contribution in [1.82, 2.24) is 24.8 Å². The number of aromatic nitrogens is 4. The van der Waals surface area contributed by atoms with Crippen LogP contribution in [0.15, 0.2) is 11.3 Å². The van der Waals surface area contributed by atoms with E-state index in [1.165, 1.54) is 0 Å². The summed E-state index contributed by atoms with van der Waals surface area (Å²) >= 11 is 11.8. The zero-order valence-corrected chi connectivity index (χ0v) is 18.1. The standard InChI is InChI=1S/C17H24Cl2N8O4/c18-12-11-13(26-15(19)25-12)27(9-23-11)7-2-1-3-8-31-17(30)24-10(14(28)29)5-4-6-22-16(20)21/h9-10H,1-8H2,(H,24,30)(H,28,29)(H4,20,21,22)/t10-/m0/s1. The van der Waals surface area contributed by atoms with Gasteiger partial charge in [0.1, 0.15) is 11.6 Å². The van der Waals surface area contributed by atoms with Gasteiger partial charge in [-0.25, -0.2) is 19.6 Å². The highest BCUT2D eigenvalue weighted by atomic mass is 35.5. The van der Waals surface area contributed by atoms with Crippen molar-refractivity contribution in [1.29, 1.82) is 0 Å². The topological polar surface area (TPSA) is 184 Å². The summed E-state index contributed by atoms with van der Waals surface area (Å²) in [6.07, 6.45) is 3.56. The molecule has 2 heterocycles. The van der Waals surface area contributed by atoms with Crippen LogP contribution in [0.25, 0.3) is 11.2 Å². The molecule has 170 valence electrons. The number of fused-ring (bicyclic) bond motifs is 1. The van der Waals surface area contributed by atoms with Gasteiger partial charge in [0, 0.05) is 13.1 Å². The molecule has 0 spiro atoms. The molecule has 0 aromatic carbocycles. The minimum absolute atomic E-state index is 0.0505. The highest BCUT2D eigenvalue weighted by molar-refractivity contribution is 6.35. The molecule has 14 heteroatoms. The van der Waals surface area contributed by atoms with Gasteiger partial charge in [-0.1, -0.05) is 11.6 Å². The van der Waals surface area contributed by atoms with Crippen molar-refractivity contribution in [3.05, 3.63) is 16.8 Å². The van der Waals surface area contributed by atoms with Gasteiger partial charge in [0.15, 0.2) is 16.8 Å². The maximum absolute atomic E-state index is 11.8. The minimum Gasteiger partial charge on any atom is -0.480 e. The number of carboxylic acids is 1. The summed E-state index contributed by atoms with van der Waals surface area (Å²) in [6, 6.07) is -1.07. The van der Waals surface area contributed by atoms with Crippen molar-refractivity contribution in [2.45, 2.75) is 44.7 Å². The van der Waals surface area contributed by atoms with Gasteiger partial charge < -0.3 is 31.2 Å². The lowest BCUT2D eigenvalue weighted by Gasteiger charge is -2.14. The van der Waals surface area contributed by atoms with Crippen LogP contribution in [0, 0.1) is 0 Å². The van der Waals surface area contributed by atoms with Gasteiger partial charge in [-0.15, -0.1) is 0 Å². The number of aliphatic carboxylic acids is 1. The smallest absolute Gasteiger partial charge is 0.407 e. The van der Waals surface area contributed by atoms with Crippen LogP contribution >= 0.6 is 23.2 Å². The number of aryl methyl sites for hydroxylation is 1. The molecule has 0 bridgehead atoms. The lowest BCUT2D eigenvalue weighted by Crippen LogP contribution is -2.41. The van der Waals surface area contributed by atoms with Gasteiger partial charge in [-0.05, 0) is 43.7 Å². The fourth-order valence-electron chi connectivity index (χ4n) is 2.72. The number of rotatable bonds is 12. The molecular formula is C17H24Cl2N8O4. The molecule has 1 amide bonds. The van der Waals surface area contributed by atoms with E-state index < -0.39 is 18.1 Å². The normalized spacial score (nSPS) is 11.8. The van der Waals surface area contributed by atoms with Gasteiger partial charge in [0.25, 0.3) is 0 Å². The molecule has 12 nitrogen and oxygen atoms in total. The van der Waals surface area contributed by atoms with E-state index in [1.807, 2.05) is 4.57 Å². The van der Waals surface area contributed by atoms with Crippen molar-refractivity contribution >= 4 is 52.4 Å². The van der Waals surface area contributed by atoms with Gasteiger partial charge in [0.05, 0.1) is 12.9 Å². The summed E-state index contributed by atoms with van der Waals surface area (Å²) < 4.78 is 6.87. The molecule has 0 aliphatic heterocycles. The maximum Gasteiger partial charge on any atom is 0.407 e. The highest BCUT2D eigenvalue weighted by Crippen LogP contribution is 2.20. The Bertz CT molecular complexity index is 932. The summed E-state index contributed by atoms with van der Waals surface area (Å²) in [4.78, 5) is 39.0. The average Bonchev–Trinajstić information content (AvgIpc) is 3.09. The number of nitrogens with two attached hydrogens (primary N) is 2. The van der Waals surface area contributed by atoms with Crippen molar-refractivity contribution in [3.8, 4) is 0 Å². The molecule has 0 unspecified atom stereocenters. The number of hydrogen-bond donors (Lipinski definition) is 4. The number of hydrogen-bond acceptors (Lipinski definition) is 7. The quantitative estimate of drug-likeness (QED) is 0.116. The van der Waals surface area contributed by atoms with Crippen LogP contribution in [0.4, 0.5) is 4.79 Å². The van der Waals surface area contributed by atoms with Crippen LogP contribution in [0.1, 0.15) is 32.1 Å². The van der Waals surface area contributed by atoms with Crippen molar-refractivity contribution in [2.75, 3.05) is 13.2 Å². The third-order valence-electron chi connectivity index (χ3n) is 4.21. The lowest BCUT2D eigenvalue weighted by molar-refractivity contribution is -0.139. The molecule has 1 atom stereocenters. The predicted molar refractivity (Wildman–Crippen MR) is 115 cm³/mol. The summed E-state index contributed by atoms with van der Waals surface area (Å²) in [5.41, 5.74) is 11.4. The van der Waals surface area contributed by atoms with Gasteiger partial charge in [-0.3, -0.25) is 4.99 Å². The zero-order valence-electron chi connectivity index (χ0n) is 16.6. The van der Waals surface area contributed by atoms with Crippen molar-refractivity contribution in [3.63, 3.8) is 0 Å². The molecule has 0 saturated carbocycles. The number of carbonyl (C=O) groups excluding carboxylic acids is 1. The number of nitrogens with one attached hydrogen (secondary N) is 1. The third-order valence-corrected chi connectivity index (χ3v) is 4.64. The van der Waals surface area contributed by atoms with Gasteiger partial charge in [-0.2, -0.15) is 4.98 Å². The molecule has 0 aliphatic carbocycles. The second-order valence-electron chi connectivity index (χ2n) is 6.57. The van der Waals surface area contributed by atoms with Crippen LogP contribution in [0.2, 0.25) is 10.4 Å². The molecule has 0 aliphatic rings. The van der Waals surface area contributed by atoms with E-state index in [1.54, 1.807) is 6.33 Å². The zero-order chi connectivity index (χ0) is 22.8. The van der Waals surface area contributed by atoms with E-state index in [-0.39, 0.29) is 36.0 Å². The van der Waals surface area contributed by atoms with Crippen LogP contribution in [-0.4, -0.2) is 61.8 Å². The Hall–Kier alpha value is -2.86. The number of alkyl carbamates (subject to hydrolysis) is 1. The number of nitrogens with zero attached hydrogens (tertiary/aromatic N) is 5. The second kappa shape index (κ2) is 12.1. The Morgan fingerprint density at radius 2 is 2.00 bits per heavy atom. The Balaban J connectivity index is 1.66. The summed E-state index contributed by atoms with van der Waals surface area (Å²) in [6.45, 7) is 1.07. The minimum atomic E-state index is -1.15. The van der Waals surface area contributed by atoms with E-state index in [4.69, 9.17) is 39.4 Å². The summed E-state index contributed by atoms with van der Waals surface area (Å²) in [5.74, 6) is -1.22. The fourth-order valence-corrected chi connectivity index (χ4v) is 3.14. The Morgan fingerprint density at radius 1 is 1.23 bits per heavy atom. The Kier molecular flexibility index (Phi) is 9.53. The second-order valence-corrected chi connectivity index (χ2v) is 7.27. The predicted octanol–water partition coefficient (Wildman–Crippen LogP) is 1.54. The van der Waals surface area contributed by atoms with E-state index in [2.05, 4.69) is 25.3 Å². The van der Waals surface area contributed by atoms with Crippen LogP contribution < -0.4 is 16.8 Å². The number of ether oxygens (including phenoxy) is 1. The molecule has 0 saturated heterocycles. The van der Waals surface area contributed by atoms with Gasteiger partial charge in [0.2, 0.25) is 5.28 Å². The number of imidazole rings is 1. The molecule has 0 radical (unpaired) electrons. The molecule has 2 aromatic heterocycles. The first kappa shape index (κ1) is 24.4. The lowest BCUT2D eigenvalue weighted by atomic mass is 10.1. The molecule has 2 rings (SSSR count). The Labute approximate surface area is 188 Å². The number of carboxylic acid groups (broad SMARTS) is 1. The molecule has 31 heavy (non-hydrogen) atoms. The van der Waals surface area contributed by atoms with Crippen LogP contribution in [0.3, 0.4) is 0 Å². The summed E-state index contributed by atoms with van der Waals surface area (Å²) in [5, 5.41) is 11.8. The molecule has 6 N–H and O–H groups in total. The monoisotopic (exact) mass is 474 g/mol. The molecule has 2 aromatic rings. The van der Waals surface area contributed by atoms with Crippen molar-refractivity contribution in [2.24, 2.45) is 16.5 Å². The van der Waals surface area contributed by atoms with E-state index in [0.717, 1.165) is 12.8 Å². The highest BCUT2D eigenvalue weighted by Gasteiger charge is 2.20. The number of halogens is 2. The average molecular weight is 475 g/mol. The first-order chi connectivity index (χ1) is 14.8. The van der Waals surface area contributed by atoms with Crippen molar-refractivity contribution < 1.29 is 19.4 Å². The number of guanidine groups is 1.